The van der Waals surface area contributed by atoms with Crippen molar-refractivity contribution >= 4 is 51.1 Å². The largest absolute Gasteiger partial charge is 0.497 e. The van der Waals surface area contributed by atoms with E-state index in [0.29, 0.717) is 43.9 Å². The van der Waals surface area contributed by atoms with Gasteiger partial charge in [-0.05, 0) is 69.5 Å². The molecule has 0 aliphatic rings. The van der Waals surface area contributed by atoms with Crippen LogP contribution in [0.4, 0.5) is 0 Å². The van der Waals surface area contributed by atoms with Gasteiger partial charge in [-0.25, -0.2) is 0 Å². The van der Waals surface area contributed by atoms with E-state index in [2.05, 4.69) is 21.2 Å². The third-order valence-electron chi connectivity index (χ3n) is 4.94. The van der Waals surface area contributed by atoms with Crippen LogP contribution in [0.5, 0.6) is 17.2 Å². The van der Waals surface area contributed by atoms with Crippen LogP contribution in [-0.2, 0) is 17.9 Å². The van der Waals surface area contributed by atoms with Crippen LogP contribution < -0.4 is 19.5 Å². The second kappa shape index (κ2) is 12.5. The molecule has 3 rings (SSSR count). The molecule has 0 aliphatic carbocycles. The Morgan fingerprint density at radius 3 is 2.49 bits per heavy atom. The molecule has 0 unspecified atom stereocenters. The second-order valence-electron chi connectivity index (χ2n) is 7.26. The lowest BCUT2D eigenvalue weighted by molar-refractivity contribution is -0.117. The lowest BCUT2D eigenvalue weighted by Gasteiger charge is -2.11. The lowest BCUT2D eigenvalue weighted by atomic mass is 10.1. The van der Waals surface area contributed by atoms with Crippen molar-refractivity contribution in [3.8, 4) is 23.3 Å². The van der Waals surface area contributed by atoms with Gasteiger partial charge in [0.2, 0.25) is 0 Å². The number of halogens is 3. The molecule has 3 aromatic carbocycles. The Morgan fingerprint density at radius 1 is 1.03 bits per heavy atom. The van der Waals surface area contributed by atoms with Crippen LogP contribution in [0.2, 0.25) is 10.0 Å². The summed E-state index contributed by atoms with van der Waals surface area (Å²) >= 11 is 15.5. The summed E-state index contributed by atoms with van der Waals surface area (Å²) in [5.74, 6) is 1.32. The highest BCUT2D eigenvalue weighted by Gasteiger charge is 2.12. The molecule has 35 heavy (non-hydrogen) atoms. The summed E-state index contributed by atoms with van der Waals surface area (Å²) < 4.78 is 17.0. The Labute approximate surface area is 222 Å². The number of nitrogens with zero attached hydrogens (tertiary/aromatic N) is 1. The smallest absolute Gasteiger partial charge is 0.262 e. The molecule has 0 radical (unpaired) electrons. The highest BCUT2D eigenvalue weighted by Crippen LogP contribution is 2.29. The molecule has 3 aromatic rings. The van der Waals surface area contributed by atoms with Gasteiger partial charge in [0, 0.05) is 18.2 Å². The van der Waals surface area contributed by atoms with E-state index in [9.17, 15) is 10.1 Å². The fraction of sp³-hybridized carbons (Fsp3) is 0.154. The first-order chi connectivity index (χ1) is 16.8. The first-order valence-corrected chi connectivity index (χ1v) is 11.9. The van der Waals surface area contributed by atoms with E-state index >= 15 is 0 Å². The molecule has 0 saturated carbocycles. The highest BCUT2D eigenvalue weighted by molar-refractivity contribution is 9.10. The number of carbonyl (C=O) groups is 1. The molecule has 1 amide bonds. The number of carbonyl (C=O) groups excluding carboxylic acids is 1. The molecule has 1 N–H and O–H groups in total. The topological polar surface area (TPSA) is 80.6 Å². The zero-order chi connectivity index (χ0) is 25.4. The van der Waals surface area contributed by atoms with Gasteiger partial charge in [-0.3, -0.25) is 4.79 Å². The predicted molar refractivity (Wildman–Crippen MR) is 140 cm³/mol. The van der Waals surface area contributed by atoms with Crippen LogP contribution >= 0.6 is 39.1 Å². The second-order valence-corrected chi connectivity index (χ2v) is 8.93. The Morgan fingerprint density at radius 2 is 1.83 bits per heavy atom. The SMILES string of the molecule is COc1ccc(CNC(=O)/C(C#N)=C/c2ccc(OCc3ccc(Cl)c(Cl)c3)c(Br)c2)c(OC)c1. The van der Waals surface area contributed by atoms with Crippen LogP contribution in [0.15, 0.2) is 64.6 Å². The minimum Gasteiger partial charge on any atom is -0.497 e. The summed E-state index contributed by atoms with van der Waals surface area (Å²) in [5, 5.41) is 13.2. The normalized spacial score (nSPS) is 10.9. The van der Waals surface area contributed by atoms with Crippen molar-refractivity contribution in [3.63, 3.8) is 0 Å². The minimum atomic E-state index is -0.499. The maximum Gasteiger partial charge on any atom is 0.262 e. The van der Waals surface area contributed by atoms with Crippen molar-refractivity contribution in [2.45, 2.75) is 13.2 Å². The third kappa shape index (κ3) is 7.15. The summed E-state index contributed by atoms with van der Waals surface area (Å²) in [6.45, 7) is 0.488. The van der Waals surface area contributed by atoms with E-state index < -0.39 is 5.91 Å². The van der Waals surface area contributed by atoms with E-state index in [0.717, 1.165) is 11.1 Å². The van der Waals surface area contributed by atoms with E-state index in [1.165, 1.54) is 13.2 Å². The molecule has 0 heterocycles. The van der Waals surface area contributed by atoms with Crippen LogP contribution in [0.3, 0.4) is 0 Å². The van der Waals surface area contributed by atoms with Gasteiger partial charge in [0.1, 0.15) is 35.5 Å². The van der Waals surface area contributed by atoms with Crippen LogP contribution in [0.25, 0.3) is 6.08 Å². The number of ether oxygens (including phenoxy) is 3. The van der Waals surface area contributed by atoms with Gasteiger partial charge in [-0.15, -0.1) is 0 Å². The molecule has 6 nitrogen and oxygen atoms in total. The van der Waals surface area contributed by atoms with Crippen molar-refractivity contribution in [1.29, 1.82) is 5.26 Å². The monoisotopic (exact) mass is 574 g/mol. The molecule has 0 atom stereocenters. The number of amides is 1. The van der Waals surface area contributed by atoms with Gasteiger partial charge >= 0.3 is 0 Å². The maximum atomic E-state index is 12.6. The van der Waals surface area contributed by atoms with E-state index in [1.54, 1.807) is 55.6 Å². The van der Waals surface area contributed by atoms with Gasteiger partial charge < -0.3 is 19.5 Å². The first kappa shape index (κ1) is 26.4. The van der Waals surface area contributed by atoms with Gasteiger partial charge in [-0.2, -0.15) is 5.26 Å². The summed E-state index contributed by atoms with van der Waals surface area (Å²) in [6, 6.07) is 17.8. The molecule has 0 aromatic heterocycles. The lowest BCUT2D eigenvalue weighted by Crippen LogP contribution is -2.24. The van der Waals surface area contributed by atoms with Gasteiger partial charge in [0.05, 0.1) is 28.7 Å². The summed E-state index contributed by atoms with van der Waals surface area (Å²) in [5.41, 5.74) is 2.25. The van der Waals surface area contributed by atoms with E-state index in [-0.39, 0.29) is 12.1 Å². The molecule has 0 aliphatic heterocycles. The number of hydrogen-bond donors (Lipinski definition) is 1. The highest BCUT2D eigenvalue weighted by atomic mass is 79.9. The molecular formula is C26H21BrCl2N2O4. The van der Waals surface area contributed by atoms with Gasteiger partial charge in [0.15, 0.2) is 0 Å². The number of nitrogens with one attached hydrogen (secondary N) is 1. The van der Waals surface area contributed by atoms with Crippen LogP contribution in [-0.4, -0.2) is 20.1 Å². The quantitative estimate of drug-likeness (QED) is 0.230. The molecule has 0 fully saturated rings. The summed E-state index contributed by atoms with van der Waals surface area (Å²) in [4.78, 5) is 12.6. The Kier molecular flexibility index (Phi) is 9.44. The summed E-state index contributed by atoms with van der Waals surface area (Å²) in [7, 11) is 3.10. The number of benzene rings is 3. The zero-order valence-corrected chi connectivity index (χ0v) is 22.0. The average molecular weight is 576 g/mol. The van der Waals surface area contributed by atoms with Crippen molar-refractivity contribution in [1.82, 2.24) is 5.32 Å². The Hall–Kier alpha value is -3.18. The number of hydrogen-bond acceptors (Lipinski definition) is 5. The minimum absolute atomic E-state index is 0.0335. The molecule has 0 bridgehead atoms. The van der Waals surface area contributed by atoms with E-state index in [1.807, 2.05) is 12.1 Å². The molecule has 9 heteroatoms. The number of methoxy groups -OCH3 is 2. The van der Waals surface area contributed by atoms with Crippen LogP contribution in [0, 0.1) is 11.3 Å². The Bertz CT molecular complexity index is 1300. The Balaban J connectivity index is 1.66. The van der Waals surface area contributed by atoms with Crippen molar-refractivity contribution in [3.05, 3.63) is 91.4 Å². The van der Waals surface area contributed by atoms with Crippen molar-refractivity contribution in [2.24, 2.45) is 0 Å². The predicted octanol–water partition coefficient (Wildman–Crippen LogP) is 6.58. The fourth-order valence-corrected chi connectivity index (χ4v) is 3.93. The van der Waals surface area contributed by atoms with Crippen molar-refractivity contribution < 1.29 is 19.0 Å². The number of nitriles is 1. The molecule has 0 spiro atoms. The van der Waals surface area contributed by atoms with Crippen molar-refractivity contribution in [2.75, 3.05) is 14.2 Å². The summed E-state index contributed by atoms with van der Waals surface area (Å²) in [6.07, 6.45) is 1.51. The fourth-order valence-electron chi connectivity index (χ4n) is 3.10. The van der Waals surface area contributed by atoms with Crippen LogP contribution in [0.1, 0.15) is 16.7 Å². The number of rotatable bonds is 9. The molecule has 0 saturated heterocycles. The standard InChI is InChI=1S/C26H21BrCl2N2O4/c1-33-20-6-5-18(25(12-20)34-2)14-31-26(32)19(13-30)9-16-4-8-24(21(27)10-16)35-15-17-3-7-22(28)23(29)11-17/h3-12H,14-15H2,1-2H3,(H,31,32)/b19-9+. The van der Waals surface area contributed by atoms with Gasteiger partial charge in [-0.1, -0.05) is 35.3 Å². The molecule has 180 valence electrons. The third-order valence-corrected chi connectivity index (χ3v) is 6.30. The zero-order valence-electron chi connectivity index (χ0n) is 18.9. The first-order valence-electron chi connectivity index (χ1n) is 10.3. The average Bonchev–Trinajstić information content (AvgIpc) is 2.87. The van der Waals surface area contributed by atoms with Gasteiger partial charge in [0.25, 0.3) is 5.91 Å². The maximum absolute atomic E-state index is 12.6. The van der Waals surface area contributed by atoms with E-state index in [4.69, 9.17) is 37.4 Å². The molecular weight excluding hydrogens is 555 g/mol.